The third-order valence-electron chi connectivity index (χ3n) is 5.53. The van der Waals surface area contributed by atoms with Gasteiger partial charge in [-0.25, -0.2) is 9.59 Å². The number of phenols is 2. The Morgan fingerprint density at radius 3 is 1.92 bits per heavy atom. The molecule has 0 fully saturated rings. The van der Waals surface area contributed by atoms with Gasteiger partial charge in [0.2, 0.25) is 6.29 Å². The summed E-state index contributed by atoms with van der Waals surface area (Å²) in [4.78, 5) is 45.8. The molecular formula is C25H30N2O10. The average molecular weight is 519 g/mol. The van der Waals surface area contributed by atoms with Gasteiger partial charge in [0.05, 0.1) is 21.5 Å². The summed E-state index contributed by atoms with van der Waals surface area (Å²) in [7, 11) is 0. The van der Waals surface area contributed by atoms with Gasteiger partial charge in [-0.2, -0.15) is 0 Å². The molecule has 0 bridgehead atoms. The molecule has 0 aliphatic rings. The molecular weight excluding hydrogens is 488 g/mol. The summed E-state index contributed by atoms with van der Waals surface area (Å²) < 4.78 is 10.5. The van der Waals surface area contributed by atoms with Crippen LogP contribution in [0.5, 0.6) is 11.5 Å². The summed E-state index contributed by atoms with van der Waals surface area (Å²) in [6.07, 6.45) is 6.43. The highest BCUT2D eigenvalue weighted by Gasteiger charge is 2.26. The van der Waals surface area contributed by atoms with E-state index >= 15 is 0 Å². The van der Waals surface area contributed by atoms with Gasteiger partial charge in [-0.1, -0.05) is 51.9 Å². The topological polar surface area (TPSA) is 179 Å². The molecule has 2 aromatic carbocycles. The first-order valence-electron chi connectivity index (χ1n) is 12.0. The maximum absolute atomic E-state index is 12.7. The van der Waals surface area contributed by atoms with Gasteiger partial charge < -0.3 is 19.7 Å². The minimum Gasteiger partial charge on any atom is -0.508 e. The first-order valence-corrected chi connectivity index (χ1v) is 12.0. The summed E-state index contributed by atoms with van der Waals surface area (Å²) in [5.74, 6) is -3.00. The lowest BCUT2D eigenvalue weighted by Gasteiger charge is -2.19. The molecule has 12 heteroatoms. The third-order valence-corrected chi connectivity index (χ3v) is 5.53. The zero-order chi connectivity index (χ0) is 27.4. The van der Waals surface area contributed by atoms with Crippen LogP contribution in [0, 0.1) is 20.2 Å². The predicted octanol–water partition coefficient (Wildman–Crippen LogP) is 5.78. The first-order chi connectivity index (χ1) is 17.6. The van der Waals surface area contributed by atoms with E-state index in [9.17, 15) is 40.0 Å². The summed E-state index contributed by atoms with van der Waals surface area (Å²) in [6.45, 7) is 2.13. The van der Waals surface area contributed by atoms with E-state index in [0.717, 1.165) is 62.8 Å². The number of benzene rings is 2. The monoisotopic (exact) mass is 518 g/mol. The molecule has 2 aromatic rings. The standard InChI is InChI=1S/C25H30N2O10/c1-2-3-4-5-6-7-8-9-10-23(37-25(31)21-16-20(28)11-12-22(21)29)36-24(30)17-13-18(26(32)33)15-19(14-17)27(34)35/h11-16,23,28-29H,2-10H2,1H3. The SMILES string of the molecule is CCCCCCCCCCC(OC(=O)c1cc([N+](=O)[O-])cc([N+](=O)[O-])c1)OC(=O)c1cc(O)ccc1O. The van der Waals surface area contributed by atoms with E-state index in [-0.39, 0.29) is 17.7 Å². The largest absolute Gasteiger partial charge is 0.508 e. The van der Waals surface area contributed by atoms with Gasteiger partial charge in [-0.05, 0) is 24.6 Å². The van der Waals surface area contributed by atoms with Crippen LogP contribution in [0.15, 0.2) is 36.4 Å². The number of unbranched alkanes of at least 4 members (excludes halogenated alkanes) is 7. The Hall–Kier alpha value is -4.22. The molecule has 2 rings (SSSR count). The molecule has 0 heterocycles. The van der Waals surface area contributed by atoms with Gasteiger partial charge >= 0.3 is 11.9 Å². The molecule has 2 N–H and O–H groups in total. The van der Waals surface area contributed by atoms with E-state index in [0.29, 0.717) is 12.5 Å². The lowest BCUT2D eigenvalue weighted by Crippen LogP contribution is -2.25. The Morgan fingerprint density at radius 2 is 1.35 bits per heavy atom. The number of nitrogens with zero attached hydrogens (tertiary/aromatic N) is 2. The number of ether oxygens (including phenoxy) is 2. The van der Waals surface area contributed by atoms with Crippen molar-refractivity contribution in [3.05, 3.63) is 67.8 Å². The van der Waals surface area contributed by atoms with E-state index in [2.05, 4.69) is 6.92 Å². The van der Waals surface area contributed by atoms with Crippen molar-refractivity contribution in [3.8, 4) is 11.5 Å². The minimum atomic E-state index is -1.44. The maximum atomic E-state index is 12.7. The van der Waals surface area contributed by atoms with Gasteiger partial charge in [0, 0.05) is 18.6 Å². The Balaban J connectivity index is 2.15. The van der Waals surface area contributed by atoms with Gasteiger partial charge in [0.1, 0.15) is 17.1 Å². The second-order valence-electron chi connectivity index (χ2n) is 8.46. The molecule has 37 heavy (non-hydrogen) atoms. The minimum absolute atomic E-state index is 0.0863. The maximum Gasteiger partial charge on any atom is 0.345 e. The first kappa shape index (κ1) is 29.0. The third kappa shape index (κ3) is 9.39. The number of non-ortho nitro benzene ring substituents is 2. The number of phenolic OH excluding ortho intramolecular Hbond substituents is 2. The Kier molecular flexibility index (Phi) is 11.3. The lowest BCUT2D eigenvalue weighted by atomic mass is 10.1. The highest BCUT2D eigenvalue weighted by atomic mass is 16.7. The molecule has 1 atom stereocenters. The summed E-state index contributed by atoms with van der Waals surface area (Å²) >= 11 is 0. The van der Waals surface area contributed by atoms with Crippen molar-refractivity contribution in [2.75, 3.05) is 0 Å². The molecule has 200 valence electrons. The number of esters is 2. The molecule has 0 saturated heterocycles. The number of hydrogen-bond donors (Lipinski definition) is 2. The van der Waals surface area contributed by atoms with E-state index in [1.807, 2.05) is 0 Å². The van der Waals surface area contributed by atoms with Crippen molar-refractivity contribution < 1.29 is 39.1 Å². The molecule has 0 saturated carbocycles. The van der Waals surface area contributed by atoms with Gasteiger partial charge in [0.15, 0.2) is 0 Å². The molecule has 0 aromatic heterocycles. The zero-order valence-electron chi connectivity index (χ0n) is 20.5. The van der Waals surface area contributed by atoms with Crippen molar-refractivity contribution >= 4 is 23.3 Å². The average Bonchev–Trinajstić information content (AvgIpc) is 2.86. The Labute approximate surface area is 213 Å². The normalized spacial score (nSPS) is 11.5. The smallest absolute Gasteiger partial charge is 0.345 e. The van der Waals surface area contributed by atoms with E-state index < -0.39 is 50.8 Å². The van der Waals surface area contributed by atoms with E-state index in [1.54, 1.807) is 0 Å². The number of carbonyl (C=O) groups is 2. The van der Waals surface area contributed by atoms with Crippen LogP contribution < -0.4 is 0 Å². The van der Waals surface area contributed by atoms with E-state index in [4.69, 9.17) is 9.47 Å². The number of aromatic hydroxyl groups is 2. The van der Waals surface area contributed by atoms with Crippen LogP contribution in [0.1, 0.15) is 85.4 Å². The lowest BCUT2D eigenvalue weighted by molar-refractivity contribution is -0.394. The van der Waals surface area contributed by atoms with Crippen molar-refractivity contribution in [2.24, 2.45) is 0 Å². The highest BCUT2D eigenvalue weighted by Crippen LogP contribution is 2.26. The number of rotatable bonds is 15. The van der Waals surface area contributed by atoms with Crippen LogP contribution >= 0.6 is 0 Å². The number of carbonyl (C=O) groups excluding carboxylic acids is 2. The quantitative estimate of drug-likeness (QED) is 0.0732. The van der Waals surface area contributed by atoms with Crippen LogP contribution in [0.2, 0.25) is 0 Å². The summed E-state index contributed by atoms with van der Waals surface area (Å²) in [5, 5.41) is 41.8. The molecule has 0 radical (unpaired) electrons. The second-order valence-corrected chi connectivity index (χ2v) is 8.46. The molecule has 0 aliphatic heterocycles. The fourth-order valence-corrected chi connectivity index (χ4v) is 3.57. The van der Waals surface area contributed by atoms with E-state index in [1.165, 1.54) is 12.5 Å². The van der Waals surface area contributed by atoms with Crippen LogP contribution in [-0.4, -0.2) is 38.3 Å². The van der Waals surface area contributed by atoms with Crippen LogP contribution in [0.25, 0.3) is 0 Å². The zero-order valence-corrected chi connectivity index (χ0v) is 20.5. The van der Waals surface area contributed by atoms with Gasteiger partial charge in [-0.3, -0.25) is 20.2 Å². The van der Waals surface area contributed by atoms with Gasteiger partial charge in [-0.15, -0.1) is 0 Å². The Morgan fingerprint density at radius 1 is 0.811 bits per heavy atom. The van der Waals surface area contributed by atoms with Crippen LogP contribution in [-0.2, 0) is 9.47 Å². The molecule has 0 aliphatic carbocycles. The van der Waals surface area contributed by atoms with Crippen molar-refractivity contribution in [3.63, 3.8) is 0 Å². The van der Waals surface area contributed by atoms with Crippen LogP contribution in [0.3, 0.4) is 0 Å². The number of nitro groups is 2. The Bertz CT molecular complexity index is 1090. The highest BCUT2D eigenvalue weighted by molar-refractivity contribution is 5.93. The van der Waals surface area contributed by atoms with Crippen LogP contribution in [0.4, 0.5) is 11.4 Å². The fourth-order valence-electron chi connectivity index (χ4n) is 3.57. The summed E-state index contributed by atoms with van der Waals surface area (Å²) in [5.41, 5.74) is -2.18. The van der Waals surface area contributed by atoms with Crippen molar-refractivity contribution in [2.45, 2.75) is 71.0 Å². The predicted molar refractivity (Wildman–Crippen MR) is 131 cm³/mol. The molecule has 0 amide bonds. The van der Waals surface area contributed by atoms with Crippen molar-refractivity contribution in [1.29, 1.82) is 0 Å². The van der Waals surface area contributed by atoms with Crippen molar-refractivity contribution in [1.82, 2.24) is 0 Å². The molecule has 0 spiro atoms. The number of hydrogen-bond acceptors (Lipinski definition) is 10. The number of nitro benzene ring substituents is 2. The second kappa shape index (κ2) is 14.4. The fraction of sp³-hybridized carbons (Fsp3) is 0.440. The molecule has 12 nitrogen and oxygen atoms in total. The molecule has 1 unspecified atom stereocenters. The summed E-state index contributed by atoms with van der Waals surface area (Å²) in [6, 6.07) is 5.60. The van der Waals surface area contributed by atoms with Gasteiger partial charge in [0.25, 0.3) is 11.4 Å².